The lowest BCUT2D eigenvalue weighted by molar-refractivity contribution is -0.118. The number of amides is 2. The summed E-state index contributed by atoms with van der Waals surface area (Å²) in [6.07, 6.45) is 3.18. The number of carbonyl (C=O) groups is 2. The van der Waals surface area contributed by atoms with Crippen molar-refractivity contribution in [1.82, 2.24) is 9.97 Å². The summed E-state index contributed by atoms with van der Waals surface area (Å²) in [5.74, 6) is 0.418. The lowest BCUT2D eigenvalue weighted by Crippen LogP contribution is -2.23. The van der Waals surface area contributed by atoms with Gasteiger partial charge in [0.15, 0.2) is 11.7 Å². The monoisotopic (exact) mass is 394 g/mol. The van der Waals surface area contributed by atoms with Gasteiger partial charge in [0, 0.05) is 30.2 Å². The van der Waals surface area contributed by atoms with E-state index < -0.39 is 0 Å². The van der Waals surface area contributed by atoms with E-state index in [1.807, 2.05) is 35.7 Å². The SMILES string of the molecule is O=C(COc1ccc(N2CCCC2=O)cc1)Nc1nc(-c2ccccn2)cs1. The molecule has 1 saturated heterocycles. The Balaban J connectivity index is 1.30. The predicted octanol–water partition coefficient (Wildman–Crippen LogP) is 3.35. The van der Waals surface area contributed by atoms with Gasteiger partial charge < -0.3 is 9.64 Å². The van der Waals surface area contributed by atoms with Gasteiger partial charge in [-0.15, -0.1) is 11.3 Å². The van der Waals surface area contributed by atoms with Gasteiger partial charge in [-0.1, -0.05) is 6.07 Å². The van der Waals surface area contributed by atoms with Crippen LogP contribution < -0.4 is 15.0 Å². The molecule has 0 radical (unpaired) electrons. The molecule has 2 amide bonds. The highest BCUT2D eigenvalue weighted by atomic mass is 32.1. The molecule has 8 heteroatoms. The molecule has 0 bridgehead atoms. The summed E-state index contributed by atoms with van der Waals surface area (Å²) in [6.45, 7) is 0.621. The molecule has 7 nitrogen and oxygen atoms in total. The lowest BCUT2D eigenvalue weighted by atomic mass is 10.3. The van der Waals surface area contributed by atoms with Crippen LogP contribution >= 0.6 is 11.3 Å². The van der Waals surface area contributed by atoms with E-state index in [-0.39, 0.29) is 18.4 Å². The minimum absolute atomic E-state index is 0.125. The van der Waals surface area contributed by atoms with E-state index in [1.165, 1.54) is 11.3 Å². The van der Waals surface area contributed by atoms with Gasteiger partial charge in [-0.2, -0.15) is 0 Å². The summed E-state index contributed by atoms with van der Waals surface area (Å²) < 4.78 is 5.52. The largest absolute Gasteiger partial charge is 0.484 e. The van der Waals surface area contributed by atoms with Crippen molar-refractivity contribution in [3.8, 4) is 17.1 Å². The van der Waals surface area contributed by atoms with Gasteiger partial charge in [-0.3, -0.25) is 19.9 Å². The molecule has 142 valence electrons. The zero-order chi connectivity index (χ0) is 19.3. The zero-order valence-corrected chi connectivity index (χ0v) is 15.8. The number of benzene rings is 1. The van der Waals surface area contributed by atoms with Crippen LogP contribution in [0.15, 0.2) is 54.0 Å². The Kier molecular flexibility index (Phi) is 5.29. The minimum Gasteiger partial charge on any atom is -0.484 e. The van der Waals surface area contributed by atoms with E-state index in [1.54, 1.807) is 23.2 Å². The van der Waals surface area contributed by atoms with Crippen molar-refractivity contribution in [1.29, 1.82) is 0 Å². The van der Waals surface area contributed by atoms with Gasteiger partial charge in [0.1, 0.15) is 11.4 Å². The number of nitrogens with one attached hydrogen (secondary N) is 1. The fourth-order valence-electron chi connectivity index (χ4n) is 2.91. The first-order valence-electron chi connectivity index (χ1n) is 8.89. The third-order valence-corrected chi connectivity index (χ3v) is 5.03. The Bertz CT molecular complexity index is 973. The number of hydrogen-bond acceptors (Lipinski definition) is 6. The summed E-state index contributed by atoms with van der Waals surface area (Å²) in [7, 11) is 0. The third kappa shape index (κ3) is 4.17. The molecule has 1 aliphatic heterocycles. The Labute approximate surface area is 166 Å². The minimum atomic E-state index is -0.291. The molecule has 0 unspecified atom stereocenters. The smallest absolute Gasteiger partial charge is 0.264 e. The van der Waals surface area contributed by atoms with Crippen LogP contribution in [0.25, 0.3) is 11.4 Å². The van der Waals surface area contributed by atoms with E-state index in [0.717, 1.165) is 24.3 Å². The van der Waals surface area contributed by atoms with Gasteiger partial charge in [0.2, 0.25) is 5.91 Å². The maximum atomic E-state index is 12.1. The lowest BCUT2D eigenvalue weighted by Gasteiger charge is -2.16. The number of carbonyl (C=O) groups excluding carboxylic acids is 2. The maximum absolute atomic E-state index is 12.1. The zero-order valence-electron chi connectivity index (χ0n) is 15.0. The van der Waals surface area contributed by atoms with E-state index in [2.05, 4.69) is 15.3 Å². The molecule has 1 fully saturated rings. The van der Waals surface area contributed by atoms with Crippen LogP contribution in [0.2, 0.25) is 0 Å². The van der Waals surface area contributed by atoms with Gasteiger partial charge in [-0.25, -0.2) is 4.98 Å². The average Bonchev–Trinajstić information content (AvgIpc) is 3.36. The van der Waals surface area contributed by atoms with Crippen molar-refractivity contribution in [2.24, 2.45) is 0 Å². The molecule has 4 rings (SSSR count). The first-order valence-corrected chi connectivity index (χ1v) is 9.77. The summed E-state index contributed by atoms with van der Waals surface area (Å²) in [5.41, 5.74) is 2.32. The highest BCUT2D eigenvalue weighted by molar-refractivity contribution is 7.14. The molecule has 0 aliphatic carbocycles. The van der Waals surface area contributed by atoms with Gasteiger partial charge in [0.25, 0.3) is 5.91 Å². The number of anilines is 2. The summed E-state index contributed by atoms with van der Waals surface area (Å²) in [5, 5.41) is 5.07. The second kappa shape index (κ2) is 8.18. The Morgan fingerprint density at radius 1 is 1.18 bits per heavy atom. The second-order valence-corrected chi connectivity index (χ2v) is 7.09. The van der Waals surface area contributed by atoms with Gasteiger partial charge >= 0.3 is 0 Å². The average molecular weight is 394 g/mol. The molecular formula is C20H18N4O3S. The number of hydrogen-bond donors (Lipinski definition) is 1. The summed E-state index contributed by atoms with van der Waals surface area (Å²) >= 11 is 1.33. The third-order valence-electron chi connectivity index (χ3n) is 4.27. The fraction of sp³-hybridized carbons (Fsp3) is 0.200. The number of thiazole rings is 1. The van der Waals surface area contributed by atoms with Crippen LogP contribution in [-0.4, -0.2) is 34.9 Å². The Morgan fingerprint density at radius 3 is 2.75 bits per heavy atom. The number of rotatable bonds is 6. The Hall–Kier alpha value is -3.26. The molecule has 3 heterocycles. The second-order valence-electron chi connectivity index (χ2n) is 6.23. The first-order chi connectivity index (χ1) is 13.7. The van der Waals surface area contributed by atoms with E-state index >= 15 is 0 Å². The van der Waals surface area contributed by atoms with E-state index in [9.17, 15) is 9.59 Å². The Morgan fingerprint density at radius 2 is 2.04 bits per heavy atom. The van der Waals surface area contributed by atoms with Crippen molar-refractivity contribution in [3.05, 3.63) is 54.0 Å². The first kappa shape index (κ1) is 18.1. The topological polar surface area (TPSA) is 84.4 Å². The highest BCUT2D eigenvalue weighted by Gasteiger charge is 2.21. The van der Waals surface area contributed by atoms with Crippen molar-refractivity contribution < 1.29 is 14.3 Å². The molecule has 3 aromatic rings. The molecule has 28 heavy (non-hydrogen) atoms. The van der Waals surface area contributed by atoms with Crippen molar-refractivity contribution in [2.75, 3.05) is 23.4 Å². The molecule has 2 aromatic heterocycles. The number of nitrogens with zero attached hydrogens (tertiary/aromatic N) is 3. The van der Waals surface area contributed by atoms with Crippen LogP contribution in [0.1, 0.15) is 12.8 Å². The summed E-state index contributed by atoms with van der Waals surface area (Å²) in [6, 6.07) is 12.8. The maximum Gasteiger partial charge on any atom is 0.264 e. The van der Waals surface area contributed by atoms with Crippen molar-refractivity contribution in [2.45, 2.75) is 12.8 Å². The van der Waals surface area contributed by atoms with Crippen LogP contribution in [0.5, 0.6) is 5.75 Å². The molecule has 0 saturated carbocycles. The normalized spacial score (nSPS) is 13.6. The number of aromatic nitrogens is 2. The quantitative estimate of drug-likeness (QED) is 0.693. The van der Waals surface area contributed by atoms with Crippen LogP contribution in [0, 0.1) is 0 Å². The van der Waals surface area contributed by atoms with Gasteiger partial charge in [-0.05, 0) is 42.8 Å². The summed E-state index contributed by atoms with van der Waals surface area (Å²) in [4.78, 5) is 34.3. The van der Waals surface area contributed by atoms with Crippen molar-refractivity contribution in [3.63, 3.8) is 0 Å². The molecule has 0 spiro atoms. The molecule has 1 N–H and O–H groups in total. The molecule has 1 aromatic carbocycles. The standard InChI is InChI=1S/C20H18N4O3S/c25-18(23-20-22-17(13-28-20)16-4-1-2-10-21-16)12-27-15-8-6-14(7-9-15)24-11-3-5-19(24)26/h1-2,4,6-10,13H,3,5,11-12H2,(H,22,23,25). The molecule has 1 aliphatic rings. The van der Waals surface area contributed by atoms with E-state index in [0.29, 0.717) is 23.0 Å². The number of pyridine rings is 1. The van der Waals surface area contributed by atoms with Crippen LogP contribution in [0.3, 0.4) is 0 Å². The van der Waals surface area contributed by atoms with E-state index in [4.69, 9.17) is 4.74 Å². The predicted molar refractivity (Wildman–Crippen MR) is 107 cm³/mol. The molecular weight excluding hydrogens is 376 g/mol. The van der Waals surface area contributed by atoms with Crippen LogP contribution in [0.4, 0.5) is 10.8 Å². The molecule has 0 atom stereocenters. The van der Waals surface area contributed by atoms with Gasteiger partial charge in [0.05, 0.1) is 5.69 Å². The van der Waals surface area contributed by atoms with Crippen LogP contribution in [-0.2, 0) is 9.59 Å². The number of ether oxygens (including phenoxy) is 1. The van der Waals surface area contributed by atoms with Crippen molar-refractivity contribution >= 4 is 34.0 Å². The fourth-order valence-corrected chi connectivity index (χ4v) is 3.63. The highest BCUT2D eigenvalue weighted by Crippen LogP contribution is 2.25.